The van der Waals surface area contributed by atoms with Crippen molar-refractivity contribution in [2.24, 2.45) is 5.92 Å². The van der Waals surface area contributed by atoms with Crippen molar-refractivity contribution in [3.8, 4) is 0 Å². The molecule has 4 heteroatoms. The maximum absolute atomic E-state index is 13.8. The Labute approximate surface area is 119 Å². The van der Waals surface area contributed by atoms with Gasteiger partial charge in [-0.15, -0.1) is 0 Å². The number of esters is 1. The first-order valence-electron chi connectivity index (χ1n) is 7.22. The SMILES string of the molecule is COC(=O)c1ccc(CN[C@@H](C)C2CCCC2)cc1F. The molecule has 0 amide bonds. The molecule has 0 unspecified atom stereocenters. The first-order valence-corrected chi connectivity index (χ1v) is 7.22. The third-order valence-electron chi connectivity index (χ3n) is 4.17. The fourth-order valence-corrected chi connectivity index (χ4v) is 2.85. The molecule has 1 aliphatic rings. The predicted molar refractivity (Wildman–Crippen MR) is 76.0 cm³/mol. The van der Waals surface area contributed by atoms with E-state index >= 15 is 0 Å². The molecule has 1 fully saturated rings. The van der Waals surface area contributed by atoms with Crippen LogP contribution in [0.25, 0.3) is 0 Å². The predicted octanol–water partition coefficient (Wildman–Crippen LogP) is 3.28. The third kappa shape index (κ3) is 3.57. The smallest absolute Gasteiger partial charge is 0.340 e. The summed E-state index contributed by atoms with van der Waals surface area (Å²) in [6, 6.07) is 5.10. The van der Waals surface area contributed by atoms with Crippen molar-refractivity contribution in [3.63, 3.8) is 0 Å². The number of ether oxygens (including phenoxy) is 1. The van der Waals surface area contributed by atoms with Crippen molar-refractivity contribution in [1.29, 1.82) is 0 Å². The fraction of sp³-hybridized carbons (Fsp3) is 0.562. The number of benzene rings is 1. The van der Waals surface area contributed by atoms with Gasteiger partial charge in [0, 0.05) is 12.6 Å². The summed E-state index contributed by atoms with van der Waals surface area (Å²) >= 11 is 0. The molecule has 0 heterocycles. The molecule has 1 aromatic rings. The van der Waals surface area contributed by atoms with Crippen molar-refractivity contribution in [2.75, 3.05) is 7.11 Å². The number of hydrogen-bond acceptors (Lipinski definition) is 3. The minimum Gasteiger partial charge on any atom is -0.465 e. The second-order valence-corrected chi connectivity index (χ2v) is 5.52. The molecule has 1 aromatic carbocycles. The molecule has 0 bridgehead atoms. The Balaban J connectivity index is 1.93. The number of halogens is 1. The Hall–Kier alpha value is -1.42. The van der Waals surface area contributed by atoms with E-state index in [2.05, 4.69) is 17.0 Å². The highest BCUT2D eigenvalue weighted by Crippen LogP contribution is 2.27. The van der Waals surface area contributed by atoms with Crippen molar-refractivity contribution in [3.05, 3.63) is 35.1 Å². The van der Waals surface area contributed by atoms with E-state index in [-0.39, 0.29) is 5.56 Å². The number of nitrogens with one attached hydrogen (secondary N) is 1. The Morgan fingerprint density at radius 2 is 2.15 bits per heavy atom. The molecular formula is C16H22FNO2. The molecule has 3 nitrogen and oxygen atoms in total. The van der Waals surface area contributed by atoms with Gasteiger partial charge in [0.25, 0.3) is 0 Å². The van der Waals surface area contributed by atoms with Crippen LogP contribution in [0.4, 0.5) is 4.39 Å². The second-order valence-electron chi connectivity index (χ2n) is 5.52. The number of carbonyl (C=O) groups is 1. The van der Waals surface area contributed by atoms with Gasteiger partial charge in [-0.25, -0.2) is 9.18 Å². The molecule has 0 saturated heterocycles. The Bertz CT molecular complexity index is 470. The molecular weight excluding hydrogens is 257 g/mol. The Kier molecular flexibility index (Phi) is 5.12. The normalized spacial score (nSPS) is 17.1. The number of hydrogen-bond donors (Lipinski definition) is 1. The summed E-state index contributed by atoms with van der Waals surface area (Å²) in [5, 5.41) is 3.45. The van der Waals surface area contributed by atoms with Gasteiger partial charge in [0.2, 0.25) is 0 Å². The van der Waals surface area contributed by atoms with Gasteiger partial charge in [-0.2, -0.15) is 0 Å². The van der Waals surface area contributed by atoms with E-state index in [4.69, 9.17) is 0 Å². The van der Waals surface area contributed by atoms with Crippen LogP contribution < -0.4 is 5.32 Å². The lowest BCUT2D eigenvalue weighted by molar-refractivity contribution is 0.0595. The highest BCUT2D eigenvalue weighted by molar-refractivity contribution is 5.89. The number of carbonyl (C=O) groups excluding carboxylic acids is 1. The zero-order chi connectivity index (χ0) is 14.5. The molecule has 2 rings (SSSR count). The minimum atomic E-state index is -0.638. The van der Waals surface area contributed by atoms with Crippen LogP contribution in [0.3, 0.4) is 0 Å². The lowest BCUT2D eigenvalue weighted by Crippen LogP contribution is -2.31. The van der Waals surface area contributed by atoms with Crippen molar-refractivity contribution in [2.45, 2.75) is 45.2 Å². The van der Waals surface area contributed by atoms with Gasteiger partial charge < -0.3 is 10.1 Å². The lowest BCUT2D eigenvalue weighted by Gasteiger charge is -2.20. The molecule has 1 N–H and O–H groups in total. The van der Waals surface area contributed by atoms with Crippen LogP contribution in [-0.4, -0.2) is 19.1 Å². The first kappa shape index (κ1) is 15.0. The van der Waals surface area contributed by atoms with E-state index in [1.54, 1.807) is 6.07 Å². The lowest BCUT2D eigenvalue weighted by atomic mass is 9.99. The van der Waals surface area contributed by atoms with E-state index in [0.717, 1.165) is 11.5 Å². The minimum absolute atomic E-state index is 0.0138. The molecule has 1 saturated carbocycles. The van der Waals surface area contributed by atoms with E-state index < -0.39 is 11.8 Å². The standard InChI is InChI=1S/C16H22FNO2/c1-11(13-5-3-4-6-13)18-10-12-7-8-14(15(17)9-12)16(19)20-2/h7-9,11,13,18H,3-6,10H2,1-2H3/t11-/m0/s1. The number of rotatable bonds is 5. The summed E-state index contributed by atoms with van der Waals surface area (Å²) in [5.41, 5.74) is 0.833. The summed E-state index contributed by atoms with van der Waals surface area (Å²) in [5.74, 6) is -0.430. The highest BCUT2D eigenvalue weighted by Gasteiger charge is 2.21. The molecule has 20 heavy (non-hydrogen) atoms. The Morgan fingerprint density at radius 3 is 2.75 bits per heavy atom. The van der Waals surface area contributed by atoms with E-state index in [9.17, 15) is 9.18 Å². The molecule has 0 spiro atoms. The van der Waals surface area contributed by atoms with Gasteiger partial charge in [-0.05, 0) is 43.4 Å². The average molecular weight is 279 g/mol. The van der Waals surface area contributed by atoms with Crippen LogP contribution in [0.2, 0.25) is 0 Å². The second kappa shape index (κ2) is 6.84. The van der Waals surface area contributed by atoms with Crippen LogP contribution in [0.1, 0.15) is 48.5 Å². The molecule has 0 aliphatic heterocycles. The third-order valence-corrected chi connectivity index (χ3v) is 4.17. The van der Waals surface area contributed by atoms with Gasteiger partial charge in [-0.3, -0.25) is 0 Å². The van der Waals surface area contributed by atoms with Gasteiger partial charge in [0.1, 0.15) is 5.82 Å². The maximum Gasteiger partial charge on any atom is 0.340 e. The zero-order valence-electron chi connectivity index (χ0n) is 12.1. The van der Waals surface area contributed by atoms with Gasteiger partial charge >= 0.3 is 5.97 Å². The maximum atomic E-state index is 13.8. The molecule has 0 radical (unpaired) electrons. The topological polar surface area (TPSA) is 38.3 Å². The quantitative estimate of drug-likeness (QED) is 0.841. The highest BCUT2D eigenvalue weighted by atomic mass is 19.1. The first-order chi connectivity index (χ1) is 9.61. The fourth-order valence-electron chi connectivity index (χ4n) is 2.85. The Morgan fingerprint density at radius 1 is 1.45 bits per heavy atom. The van der Waals surface area contributed by atoms with Crippen LogP contribution in [0.15, 0.2) is 18.2 Å². The van der Waals surface area contributed by atoms with Crippen molar-refractivity contribution in [1.82, 2.24) is 5.32 Å². The summed E-state index contributed by atoms with van der Waals surface area (Å²) in [7, 11) is 1.25. The van der Waals surface area contributed by atoms with Crippen LogP contribution in [0, 0.1) is 11.7 Å². The molecule has 0 aromatic heterocycles. The van der Waals surface area contributed by atoms with E-state index in [1.807, 2.05) is 0 Å². The summed E-state index contributed by atoms with van der Waals surface area (Å²) < 4.78 is 18.3. The summed E-state index contributed by atoms with van der Waals surface area (Å²) in [6.45, 7) is 2.81. The van der Waals surface area contributed by atoms with Crippen molar-refractivity contribution < 1.29 is 13.9 Å². The summed E-state index contributed by atoms with van der Waals surface area (Å²) in [4.78, 5) is 11.3. The monoisotopic (exact) mass is 279 g/mol. The van der Waals surface area contributed by atoms with Gasteiger partial charge in [-0.1, -0.05) is 18.9 Å². The van der Waals surface area contributed by atoms with Gasteiger partial charge in [0.15, 0.2) is 0 Å². The van der Waals surface area contributed by atoms with E-state index in [1.165, 1.54) is 44.9 Å². The zero-order valence-corrected chi connectivity index (χ0v) is 12.1. The molecule has 1 atom stereocenters. The average Bonchev–Trinajstić information content (AvgIpc) is 2.98. The molecule has 1 aliphatic carbocycles. The van der Waals surface area contributed by atoms with Crippen molar-refractivity contribution >= 4 is 5.97 Å². The summed E-state index contributed by atoms with van der Waals surface area (Å²) in [6.07, 6.45) is 5.20. The van der Waals surface area contributed by atoms with E-state index in [0.29, 0.717) is 12.6 Å². The van der Waals surface area contributed by atoms with Crippen LogP contribution in [0.5, 0.6) is 0 Å². The van der Waals surface area contributed by atoms with Crippen LogP contribution >= 0.6 is 0 Å². The largest absolute Gasteiger partial charge is 0.465 e. The molecule has 110 valence electrons. The number of methoxy groups -OCH3 is 1. The van der Waals surface area contributed by atoms with Crippen LogP contribution in [-0.2, 0) is 11.3 Å². The van der Waals surface area contributed by atoms with Gasteiger partial charge in [0.05, 0.1) is 12.7 Å².